The Bertz CT molecular complexity index is 157. The van der Waals surface area contributed by atoms with Crippen molar-refractivity contribution in [1.82, 2.24) is 4.90 Å². The molecule has 0 aromatic rings. The number of hydrogen-bond acceptors (Lipinski definition) is 2. The second-order valence-electron chi connectivity index (χ2n) is 3.40. The summed E-state index contributed by atoms with van der Waals surface area (Å²) in [5.74, 6) is -0.0749. The van der Waals surface area contributed by atoms with E-state index < -0.39 is 0 Å². The molecule has 69 valence electrons. The van der Waals surface area contributed by atoms with Crippen LogP contribution in [0.1, 0.15) is 19.3 Å². The van der Waals surface area contributed by atoms with Crippen molar-refractivity contribution < 1.29 is 4.79 Å². The minimum Gasteiger partial charge on any atom is -0.369 e. The predicted octanol–water partition coefficient (Wildman–Crippen LogP) is 0.408. The maximum atomic E-state index is 10.9. The summed E-state index contributed by atoms with van der Waals surface area (Å²) in [6, 6.07) is 0. The molecule has 1 fully saturated rings. The molecule has 1 unspecified atom stereocenters. The van der Waals surface area contributed by atoms with Gasteiger partial charge >= 0.3 is 0 Å². The number of likely N-dealkylation sites (tertiary alicyclic amines) is 1. The average Bonchev–Trinajstić information content (AvgIpc) is 2.05. The van der Waals surface area contributed by atoms with Gasteiger partial charge in [0.15, 0.2) is 0 Å². The molecule has 1 aliphatic rings. The molecular formula is C9H17N2O. The van der Waals surface area contributed by atoms with E-state index in [0.29, 0.717) is 0 Å². The first-order valence-corrected chi connectivity index (χ1v) is 4.55. The van der Waals surface area contributed by atoms with Crippen LogP contribution in [-0.2, 0) is 4.79 Å². The number of nitrogens with zero attached hydrogens (tertiary/aromatic N) is 1. The number of primary amides is 1. The SMILES string of the molecule is [CH2]CCN1CCCC(C(N)=O)C1. The van der Waals surface area contributed by atoms with Gasteiger partial charge in [-0.25, -0.2) is 0 Å². The van der Waals surface area contributed by atoms with E-state index in [-0.39, 0.29) is 11.8 Å². The summed E-state index contributed by atoms with van der Waals surface area (Å²) in [5.41, 5.74) is 5.24. The molecular weight excluding hydrogens is 152 g/mol. The molecule has 0 aliphatic carbocycles. The average molecular weight is 169 g/mol. The molecule has 0 bridgehead atoms. The molecule has 2 N–H and O–H groups in total. The third kappa shape index (κ3) is 2.48. The molecule has 1 atom stereocenters. The van der Waals surface area contributed by atoms with Crippen LogP contribution in [0.15, 0.2) is 0 Å². The number of nitrogens with two attached hydrogens (primary N) is 1. The molecule has 1 heterocycles. The van der Waals surface area contributed by atoms with Gasteiger partial charge in [0.1, 0.15) is 0 Å². The van der Waals surface area contributed by atoms with Gasteiger partial charge in [-0.05, 0) is 32.4 Å². The van der Waals surface area contributed by atoms with Crippen molar-refractivity contribution in [3.63, 3.8) is 0 Å². The lowest BCUT2D eigenvalue weighted by Gasteiger charge is -2.30. The Hall–Kier alpha value is -0.570. The second kappa shape index (κ2) is 4.45. The number of rotatable bonds is 3. The lowest BCUT2D eigenvalue weighted by atomic mass is 9.97. The first-order valence-electron chi connectivity index (χ1n) is 4.55. The summed E-state index contributed by atoms with van der Waals surface area (Å²) < 4.78 is 0. The van der Waals surface area contributed by atoms with Crippen LogP contribution in [0.25, 0.3) is 0 Å². The van der Waals surface area contributed by atoms with Crippen molar-refractivity contribution in [2.45, 2.75) is 19.3 Å². The number of hydrogen-bond donors (Lipinski definition) is 1. The van der Waals surface area contributed by atoms with Crippen molar-refractivity contribution in [1.29, 1.82) is 0 Å². The molecule has 3 nitrogen and oxygen atoms in total. The van der Waals surface area contributed by atoms with Crippen molar-refractivity contribution in [2.24, 2.45) is 11.7 Å². The lowest BCUT2D eigenvalue weighted by molar-refractivity contribution is -0.123. The fourth-order valence-electron chi connectivity index (χ4n) is 1.71. The minimum absolute atomic E-state index is 0.0744. The quantitative estimate of drug-likeness (QED) is 0.665. The van der Waals surface area contributed by atoms with E-state index in [1.54, 1.807) is 0 Å². The van der Waals surface area contributed by atoms with Crippen molar-refractivity contribution >= 4 is 5.91 Å². The van der Waals surface area contributed by atoms with E-state index in [1.807, 2.05) is 0 Å². The first-order chi connectivity index (χ1) is 5.74. The van der Waals surface area contributed by atoms with Crippen molar-refractivity contribution in [3.05, 3.63) is 6.92 Å². The molecule has 1 rings (SSSR count). The van der Waals surface area contributed by atoms with Gasteiger partial charge in [0.25, 0.3) is 0 Å². The molecule has 1 radical (unpaired) electrons. The fourth-order valence-corrected chi connectivity index (χ4v) is 1.71. The summed E-state index contributed by atoms with van der Waals surface area (Å²) >= 11 is 0. The summed E-state index contributed by atoms with van der Waals surface area (Å²) in [5, 5.41) is 0. The molecule has 0 aromatic carbocycles. The molecule has 0 saturated carbocycles. The summed E-state index contributed by atoms with van der Waals surface area (Å²) in [7, 11) is 0. The van der Waals surface area contributed by atoms with E-state index in [0.717, 1.165) is 38.9 Å². The van der Waals surface area contributed by atoms with E-state index in [4.69, 9.17) is 5.73 Å². The third-order valence-corrected chi connectivity index (χ3v) is 2.38. The largest absolute Gasteiger partial charge is 0.369 e. The molecule has 0 aromatic heterocycles. The maximum absolute atomic E-state index is 10.9. The van der Waals surface area contributed by atoms with Gasteiger partial charge in [-0.1, -0.05) is 6.92 Å². The highest BCUT2D eigenvalue weighted by molar-refractivity contribution is 5.76. The topological polar surface area (TPSA) is 46.3 Å². The monoisotopic (exact) mass is 169 g/mol. The zero-order valence-electron chi connectivity index (χ0n) is 7.46. The standard InChI is InChI=1S/C9H17N2O/c1-2-5-11-6-3-4-8(7-11)9(10)12/h8H,1-7H2,(H2,10,12). The Morgan fingerprint density at radius 1 is 1.67 bits per heavy atom. The summed E-state index contributed by atoms with van der Waals surface area (Å²) in [6.07, 6.45) is 2.96. The fraction of sp³-hybridized carbons (Fsp3) is 0.778. The van der Waals surface area contributed by atoms with Crippen LogP contribution >= 0.6 is 0 Å². The zero-order valence-corrected chi connectivity index (χ0v) is 7.46. The Balaban J connectivity index is 2.35. The Labute approximate surface area is 73.9 Å². The van der Waals surface area contributed by atoms with Crippen LogP contribution < -0.4 is 5.73 Å². The number of carbonyl (C=O) groups is 1. The van der Waals surface area contributed by atoms with Crippen LogP contribution in [0.4, 0.5) is 0 Å². The molecule has 0 spiro atoms. The molecule has 3 heteroatoms. The van der Waals surface area contributed by atoms with E-state index in [2.05, 4.69) is 11.8 Å². The van der Waals surface area contributed by atoms with Crippen LogP contribution in [0.3, 0.4) is 0 Å². The smallest absolute Gasteiger partial charge is 0.221 e. The van der Waals surface area contributed by atoms with E-state index >= 15 is 0 Å². The van der Waals surface area contributed by atoms with Gasteiger partial charge < -0.3 is 10.6 Å². The molecule has 12 heavy (non-hydrogen) atoms. The Morgan fingerprint density at radius 3 is 3.00 bits per heavy atom. The highest BCUT2D eigenvalue weighted by atomic mass is 16.1. The normalized spacial score (nSPS) is 25.6. The molecule has 1 aliphatic heterocycles. The maximum Gasteiger partial charge on any atom is 0.221 e. The van der Waals surface area contributed by atoms with Crippen LogP contribution in [-0.4, -0.2) is 30.4 Å². The number of amides is 1. The lowest BCUT2D eigenvalue weighted by Crippen LogP contribution is -2.41. The van der Waals surface area contributed by atoms with Gasteiger partial charge in [-0.15, -0.1) is 0 Å². The predicted molar refractivity (Wildman–Crippen MR) is 48.3 cm³/mol. The zero-order chi connectivity index (χ0) is 8.97. The van der Waals surface area contributed by atoms with Crippen LogP contribution in [0.2, 0.25) is 0 Å². The highest BCUT2D eigenvalue weighted by Crippen LogP contribution is 2.15. The molecule has 1 saturated heterocycles. The van der Waals surface area contributed by atoms with E-state index in [9.17, 15) is 4.79 Å². The number of piperidine rings is 1. The molecule has 1 amide bonds. The van der Waals surface area contributed by atoms with Gasteiger partial charge in [-0.3, -0.25) is 4.79 Å². The van der Waals surface area contributed by atoms with Crippen LogP contribution in [0, 0.1) is 12.8 Å². The van der Waals surface area contributed by atoms with Gasteiger partial charge in [0.05, 0.1) is 5.92 Å². The van der Waals surface area contributed by atoms with Gasteiger partial charge in [0, 0.05) is 6.54 Å². The minimum atomic E-state index is -0.149. The highest BCUT2D eigenvalue weighted by Gasteiger charge is 2.22. The van der Waals surface area contributed by atoms with Crippen molar-refractivity contribution in [2.75, 3.05) is 19.6 Å². The second-order valence-corrected chi connectivity index (χ2v) is 3.40. The number of carbonyl (C=O) groups excluding carboxylic acids is 1. The summed E-state index contributed by atoms with van der Waals surface area (Å²) in [6.45, 7) is 6.72. The van der Waals surface area contributed by atoms with Crippen LogP contribution in [0.5, 0.6) is 0 Å². The first kappa shape index (κ1) is 9.52. The Kier molecular flexibility index (Phi) is 3.53. The third-order valence-electron chi connectivity index (χ3n) is 2.38. The van der Waals surface area contributed by atoms with Gasteiger partial charge in [-0.2, -0.15) is 0 Å². The van der Waals surface area contributed by atoms with E-state index in [1.165, 1.54) is 0 Å². The summed E-state index contributed by atoms with van der Waals surface area (Å²) in [4.78, 5) is 13.2. The Morgan fingerprint density at radius 2 is 2.42 bits per heavy atom. The van der Waals surface area contributed by atoms with Crippen molar-refractivity contribution in [3.8, 4) is 0 Å². The van der Waals surface area contributed by atoms with Gasteiger partial charge in [0.2, 0.25) is 5.91 Å².